The maximum Gasteiger partial charge on any atom is 0.330 e. The number of carbonyl (C=O) groups excluding carboxylic acids is 4. The molecule has 8 heteroatoms. The van der Waals surface area contributed by atoms with Crippen molar-refractivity contribution in [3.05, 3.63) is 48.6 Å². The van der Waals surface area contributed by atoms with Crippen molar-refractivity contribution in [2.75, 3.05) is 26.4 Å². The van der Waals surface area contributed by atoms with Crippen LogP contribution in [0.25, 0.3) is 0 Å². The van der Waals surface area contributed by atoms with E-state index in [9.17, 15) is 19.2 Å². The zero-order valence-corrected chi connectivity index (χ0v) is 37.0. The Labute approximate surface area is 349 Å². The van der Waals surface area contributed by atoms with E-state index >= 15 is 0 Å². The third-order valence-corrected chi connectivity index (χ3v) is 10.00. The summed E-state index contributed by atoms with van der Waals surface area (Å²) >= 11 is 0. The number of esters is 4. The molecule has 0 fully saturated rings. The minimum atomic E-state index is -1.32. The second kappa shape index (κ2) is 41.0. The molecule has 0 saturated heterocycles. The molecule has 8 nitrogen and oxygen atoms in total. The number of allylic oxidation sites excluding steroid dienone is 4. The second-order valence-electron chi connectivity index (χ2n) is 15.8. The Morgan fingerprint density at radius 1 is 0.316 bits per heavy atom. The highest BCUT2D eigenvalue weighted by atomic mass is 16.6. The lowest BCUT2D eigenvalue weighted by molar-refractivity contribution is -0.164. The van der Waals surface area contributed by atoms with Gasteiger partial charge in [-0.1, -0.05) is 180 Å². The van der Waals surface area contributed by atoms with E-state index in [1.54, 1.807) is 0 Å². The first-order chi connectivity index (χ1) is 27.8. The van der Waals surface area contributed by atoms with E-state index in [2.05, 4.69) is 27.7 Å². The molecule has 0 aliphatic rings. The van der Waals surface area contributed by atoms with Crippen LogP contribution in [0.1, 0.15) is 207 Å². The average Bonchev–Trinajstić information content (AvgIpc) is 3.21. The molecule has 0 atom stereocenters. The smallest absolute Gasteiger partial charge is 0.330 e. The summed E-state index contributed by atoms with van der Waals surface area (Å²) in [4.78, 5) is 51.5. The average molecular weight is 801 g/mol. The van der Waals surface area contributed by atoms with Crippen LogP contribution in [0.2, 0.25) is 0 Å². The quantitative estimate of drug-likeness (QED) is 0.0261. The van der Waals surface area contributed by atoms with Crippen LogP contribution in [-0.4, -0.2) is 50.3 Å². The van der Waals surface area contributed by atoms with Crippen molar-refractivity contribution in [3.8, 4) is 0 Å². The van der Waals surface area contributed by atoms with E-state index in [-0.39, 0.29) is 26.4 Å². The highest BCUT2D eigenvalue weighted by molar-refractivity contribution is 5.83. The molecule has 0 rings (SSSR count). The maximum absolute atomic E-state index is 12.9. The Morgan fingerprint density at radius 2 is 0.509 bits per heavy atom. The molecule has 0 aliphatic heterocycles. The lowest BCUT2D eigenvalue weighted by Crippen LogP contribution is -2.43. The fourth-order valence-electron chi connectivity index (χ4n) is 6.23. The monoisotopic (exact) mass is 801 g/mol. The van der Waals surface area contributed by atoms with Gasteiger partial charge in [-0.25, -0.2) is 19.2 Å². The van der Waals surface area contributed by atoms with Gasteiger partial charge in [0.25, 0.3) is 0 Å². The SMILES string of the molecule is CCCCCCCCC=CC(=O)OCC(COC(=O)C=CCCCCCCCC)(COC(=O)C=CCCCCCCCC)COC(=O)C=CCCCCCCCC. The zero-order valence-electron chi connectivity index (χ0n) is 37.0. The molecule has 328 valence electrons. The maximum atomic E-state index is 12.9. The first kappa shape index (κ1) is 53.8. The number of hydrogen-bond acceptors (Lipinski definition) is 8. The van der Waals surface area contributed by atoms with E-state index in [1.807, 2.05) is 24.3 Å². The number of hydrogen-bond donors (Lipinski definition) is 0. The summed E-state index contributed by atoms with van der Waals surface area (Å²) in [6.45, 7) is 7.63. The summed E-state index contributed by atoms with van der Waals surface area (Å²) in [6, 6.07) is 0. The molecule has 0 heterocycles. The number of carbonyl (C=O) groups is 4. The molecule has 0 aliphatic carbocycles. The summed E-state index contributed by atoms with van der Waals surface area (Å²) in [5.74, 6) is -2.26. The Kier molecular flexibility index (Phi) is 38.7. The Bertz CT molecular complexity index is 931. The summed E-state index contributed by atoms with van der Waals surface area (Å²) in [5.41, 5.74) is -1.32. The van der Waals surface area contributed by atoms with Gasteiger partial charge in [-0.3, -0.25) is 0 Å². The first-order valence-corrected chi connectivity index (χ1v) is 23.2. The lowest BCUT2D eigenvalue weighted by Gasteiger charge is -2.31. The van der Waals surface area contributed by atoms with Gasteiger partial charge in [0.2, 0.25) is 0 Å². The molecule has 0 unspecified atom stereocenters. The fourth-order valence-corrected chi connectivity index (χ4v) is 6.23. The van der Waals surface area contributed by atoms with Crippen LogP contribution < -0.4 is 0 Å². The van der Waals surface area contributed by atoms with E-state index in [0.29, 0.717) is 0 Å². The van der Waals surface area contributed by atoms with Crippen molar-refractivity contribution < 1.29 is 38.1 Å². The van der Waals surface area contributed by atoms with Crippen LogP contribution >= 0.6 is 0 Å². The van der Waals surface area contributed by atoms with Crippen LogP contribution in [-0.2, 0) is 38.1 Å². The molecule has 57 heavy (non-hydrogen) atoms. The van der Waals surface area contributed by atoms with Crippen LogP contribution in [0.15, 0.2) is 48.6 Å². The van der Waals surface area contributed by atoms with E-state index in [4.69, 9.17) is 18.9 Å². The summed E-state index contributed by atoms with van der Waals surface area (Å²) in [6.07, 6.45) is 43.7. The van der Waals surface area contributed by atoms with Crippen LogP contribution in [0, 0.1) is 5.41 Å². The van der Waals surface area contributed by atoms with Crippen molar-refractivity contribution in [1.29, 1.82) is 0 Å². The largest absolute Gasteiger partial charge is 0.462 e. The summed E-state index contributed by atoms with van der Waals surface area (Å²) < 4.78 is 22.7. The van der Waals surface area contributed by atoms with Gasteiger partial charge in [0.15, 0.2) is 0 Å². The van der Waals surface area contributed by atoms with Gasteiger partial charge in [-0.05, 0) is 51.4 Å². The van der Waals surface area contributed by atoms with Gasteiger partial charge in [-0.15, -0.1) is 0 Å². The topological polar surface area (TPSA) is 105 Å². The molecule has 0 aromatic heterocycles. The predicted octanol–water partition coefficient (Wildman–Crippen LogP) is 13.4. The Balaban J connectivity index is 5.73. The third-order valence-electron chi connectivity index (χ3n) is 10.00. The van der Waals surface area contributed by atoms with Crippen LogP contribution in [0.4, 0.5) is 0 Å². The fraction of sp³-hybridized carbons (Fsp3) is 0.755. The van der Waals surface area contributed by atoms with E-state index in [1.165, 1.54) is 127 Å². The Hall–Kier alpha value is -3.16. The molecule has 0 N–H and O–H groups in total. The summed E-state index contributed by atoms with van der Waals surface area (Å²) in [5, 5.41) is 0. The van der Waals surface area contributed by atoms with Crippen molar-refractivity contribution in [2.24, 2.45) is 5.41 Å². The minimum Gasteiger partial charge on any atom is -0.462 e. The predicted molar refractivity (Wildman–Crippen MR) is 235 cm³/mol. The number of unbranched alkanes of at least 4 members (excludes halogenated alkanes) is 24. The van der Waals surface area contributed by atoms with Crippen molar-refractivity contribution in [2.45, 2.75) is 207 Å². The number of rotatable bonds is 40. The van der Waals surface area contributed by atoms with Gasteiger partial charge in [0.05, 0.1) is 0 Å². The standard InChI is InChI=1S/C49H84O8/c1-5-9-13-17-21-25-29-33-37-45(50)54-41-49(42-55-46(51)38-34-30-26-22-18-14-10-6-2,43-56-47(52)39-35-31-27-23-19-15-11-7-3)44-57-48(53)40-36-32-28-24-20-16-12-8-4/h33-40H,5-32,41-44H2,1-4H3. The van der Waals surface area contributed by atoms with Gasteiger partial charge in [0.1, 0.15) is 31.8 Å². The molecule has 0 bridgehead atoms. The van der Waals surface area contributed by atoms with Gasteiger partial charge in [0, 0.05) is 24.3 Å². The van der Waals surface area contributed by atoms with E-state index in [0.717, 1.165) is 77.0 Å². The highest BCUT2D eigenvalue weighted by Gasteiger charge is 2.37. The Morgan fingerprint density at radius 3 is 0.719 bits per heavy atom. The van der Waals surface area contributed by atoms with Crippen LogP contribution in [0.5, 0.6) is 0 Å². The second-order valence-corrected chi connectivity index (χ2v) is 15.8. The van der Waals surface area contributed by atoms with Crippen molar-refractivity contribution in [1.82, 2.24) is 0 Å². The third kappa shape index (κ3) is 36.9. The molecule has 0 aromatic rings. The molecule has 0 aromatic carbocycles. The first-order valence-electron chi connectivity index (χ1n) is 23.2. The highest BCUT2D eigenvalue weighted by Crippen LogP contribution is 2.22. The van der Waals surface area contributed by atoms with Crippen molar-refractivity contribution in [3.63, 3.8) is 0 Å². The lowest BCUT2D eigenvalue weighted by atomic mass is 9.92. The molecule has 0 radical (unpaired) electrons. The molecular formula is C49H84O8. The van der Waals surface area contributed by atoms with Gasteiger partial charge < -0.3 is 18.9 Å². The molecule has 0 amide bonds. The van der Waals surface area contributed by atoms with E-state index < -0.39 is 29.3 Å². The van der Waals surface area contributed by atoms with Crippen molar-refractivity contribution >= 4 is 23.9 Å². The normalized spacial score (nSPS) is 12.8. The zero-order chi connectivity index (χ0) is 41.9. The van der Waals surface area contributed by atoms with Gasteiger partial charge in [-0.2, -0.15) is 0 Å². The molecule has 0 spiro atoms. The minimum absolute atomic E-state index is 0.286. The molecular weight excluding hydrogens is 717 g/mol. The van der Waals surface area contributed by atoms with Crippen LogP contribution in [0.3, 0.4) is 0 Å². The van der Waals surface area contributed by atoms with Gasteiger partial charge >= 0.3 is 23.9 Å². The summed E-state index contributed by atoms with van der Waals surface area (Å²) in [7, 11) is 0. The molecule has 0 saturated carbocycles. The number of ether oxygens (including phenoxy) is 4.